The Morgan fingerprint density at radius 3 is 2.75 bits per heavy atom. The van der Waals surface area contributed by atoms with Gasteiger partial charge in [-0.15, -0.1) is 11.6 Å². The maximum atomic E-state index is 11.2. The van der Waals surface area contributed by atoms with E-state index < -0.39 is 0 Å². The molecule has 0 saturated carbocycles. The van der Waals surface area contributed by atoms with E-state index in [0.717, 1.165) is 11.1 Å². The molecule has 0 aliphatic carbocycles. The molecule has 84 valence electrons. The lowest BCUT2D eigenvalue weighted by atomic mass is 10.0. The Balaban J connectivity index is 3.14. The van der Waals surface area contributed by atoms with Crippen molar-refractivity contribution in [3.05, 3.63) is 33.3 Å². The molecule has 0 aromatic heterocycles. The van der Waals surface area contributed by atoms with Gasteiger partial charge in [0.25, 0.3) is 0 Å². The van der Waals surface area contributed by atoms with Gasteiger partial charge in [0.2, 0.25) is 0 Å². The molecule has 0 N–H and O–H groups in total. The van der Waals surface area contributed by atoms with Crippen LogP contribution in [0.1, 0.15) is 16.7 Å². The molecule has 0 spiro atoms. The van der Waals surface area contributed by atoms with E-state index in [1.165, 1.54) is 7.11 Å². The van der Waals surface area contributed by atoms with Crippen LogP contribution in [-0.4, -0.2) is 13.1 Å². The highest BCUT2D eigenvalue weighted by Gasteiger charge is 2.11. The van der Waals surface area contributed by atoms with Crippen LogP contribution in [0.25, 0.3) is 0 Å². The zero-order chi connectivity index (χ0) is 12.1. The molecule has 3 nitrogen and oxygen atoms in total. The zero-order valence-electron chi connectivity index (χ0n) is 8.59. The highest BCUT2D eigenvalue weighted by molar-refractivity contribution is 9.10. The third-order valence-electron chi connectivity index (χ3n) is 2.12. The van der Waals surface area contributed by atoms with Crippen LogP contribution in [0.15, 0.2) is 16.6 Å². The lowest BCUT2D eigenvalue weighted by Gasteiger charge is -2.08. The first kappa shape index (κ1) is 13.0. The SMILES string of the molecule is COC(=O)Cc1cc(Br)c(C#N)cc1CCl. The topological polar surface area (TPSA) is 50.1 Å². The standard InChI is InChI=1S/C11H9BrClNO2/c1-16-11(15)4-7-3-10(12)9(6-14)2-8(7)5-13/h2-3H,4-5H2,1H3. The van der Waals surface area contributed by atoms with Crippen molar-refractivity contribution in [2.24, 2.45) is 0 Å². The van der Waals surface area contributed by atoms with E-state index in [1.807, 2.05) is 6.07 Å². The predicted molar refractivity (Wildman–Crippen MR) is 64.1 cm³/mol. The van der Waals surface area contributed by atoms with Crippen LogP contribution in [0.3, 0.4) is 0 Å². The van der Waals surface area contributed by atoms with Gasteiger partial charge in [-0.25, -0.2) is 0 Å². The van der Waals surface area contributed by atoms with Gasteiger partial charge in [0.15, 0.2) is 0 Å². The summed E-state index contributed by atoms with van der Waals surface area (Å²) in [5.74, 6) is -0.0724. The van der Waals surface area contributed by atoms with Crippen molar-refractivity contribution in [3.63, 3.8) is 0 Å². The molecule has 0 amide bonds. The molecule has 1 aromatic rings. The second-order valence-electron chi connectivity index (χ2n) is 3.10. The van der Waals surface area contributed by atoms with Crippen molar-refractivity contribution in [1.82, 2.24) is 0 Å². The fraction of sp³-hybridized carbons (Fsp3) is 0.273. The Hall–Kier alpha value is -1.05. The van der Waals surface area contributed by atoms with Crippen molar-refractivity contribution >= 4 is 33.5 Å². The summed E-state index contributed by atoms with van der Waals surface area (Å²) in [6, 6.07) is 5.45. The largest absolute Gasteiger partial charge is 0.469 e. The van der Waals surface area contributed by atoms with Crippen LogP contribution in [0.2, 0.25) is 0 Å². The van der Waals surface area contributed by atoms with Crippen LogP contribution in [0, 0.1) is 11.3 Å². The Kier molecular flexibility index (Phi) is 4.78. The number of ether oxygens (including phenoxy) is 1. The zero-order valence-corrected chi connectivity index (χ0v) is 10.9. The Morgan fingerprint density at radius 1 is 1.56 bits per heavy atom. The van der Waals surface area contributed by atoms with E-state index in [9.17, 15) is 4.79 Å². The van der Waals surface area contributed by atoms with Crippen LogP contribution in [-0.2, 0) is 21.8 Å². The van der Waals surface area contributed by atoms with Crippen LogP contribution >= 0.6 is 27.5 Å². The maximum absolute atomic E-state index is 11.2. The van der Waals surface area contributed by atoms with E-state index in [2.05, 4.69) is 20.7 Å². The first-order valence-corrected chi connectivity index (χ1v) is 5.79. The van der Waals surface area contributed by atoms with Crippen molar-refractivity contribution in [3.8, 4) is 6.07 Å². The summed E-state index contributed by atoms with van der Waals surface area (Å²) in [4.78, 5) is 11.2. The Labute approximate surface area is 107 Å². The number of hydrogen-bond donors (Lipinski definition) is 0. The third-order valence-corrected chi connectivity index (χ3v) is 3.06. The summed E-state index contributed by atoms with van der Waals surface area (Å²) < 4.78 is 5.24. The van der Waals surface area contributed by atoms with Gasteiger partial charge < -0.3 is 4.74 Å². The van der Waals surface area contributed by atoms with Gasteiger partial charge in [0, 0.05) is 10.4 Å². The number of esters is 1. The summed E-state index contributed by atoms with van der Waals surface area (Å²) in [5.41, 5.74) is 2.05. The number of nitrogens with zero attached hydrogens (tertiary/aromatic N) is 1. The Morgan fingerprint density at radius 2 is 2.25 bits per heavy atom. The first-order valence-electron chi connectivity index (χ1n) is 4.46. The van der Waals surface area contributed by atoms with E-state index >= 15 is 0 Å². The molecule has 1 aromatic carbocycles. The van der Waals surface area contributed by atoms with Crippen molar-refractivity contribution < 1.29 is 9.53 Å². The molecule has 0 heterocycles. The lowest BCUT2D eigenvalue weighted by Crippen LogP contribution is -2.07. The lowest BCUT2D eigenvalue weighted by molar-refractivity contribution is -0.139. The molecule has 0 radical (unpaired) electrons. The number of carbonyl (C=O) groups excluding carboxylic acids is 1. The quantitative estimate of drug-likeness (QED) is 0.637. The van der Waals surface area contributed by atoms with Gasteiger partial charge in [-0.05, 0) is 39.2 Å². The molecule has 16 heavy (non-hydrogen) atoms. The monoisotopic (exact) mass is 301 g/mol. The van der Waals surface area contributed by atoms with Crippen molar-refractivity contribution in [1.29, 1.82) is 5.26 Å². The summed E-state index contributed by atoms with van der Waals surface area (Å²) in [7, 11) is 1.33. The van der Waals surface area contributed by atoms with Crippen molar-refractivity contribution in [2.75, 3.05) is 7.11 Å². The molecule has 0 unspecified atom stereocenters. The highest BCUT2D eigenvalue weighted by Crippen LogP contribution is 2.23. The van der Waals surface area contributed by atoms with E-state index in [4.69, 9.17) is 16.9 Å². The average molecular weight is 303 g/mol. The van der Waals surface area contributed by atoms with Crippen LogP contribution < -0.4 is 0 Å². The predicted octanol–water partition coefficient (Wildman–Crippen LogP) is 2.78. The second-order valence-corrected chi connectivity index (χ2v) is 4.22. The molecule has 0 aliphatic heterocycles. The van der Waals surface area contributed by atoms with Gasteiger partial charge >= 0.3 is 5.97 Å². The number of benzene rings is 1. The molecule has 0 atom stereocenters. The van der Waals surface area contributed by atoms with Gasteiger partial charge in [0.1, 0.15) is 6.07 Å². The van der Waals surface area contributed by atoms with E-state index in [-0.39, 0.29) is 18.3 Å². The number of nitriles is 1. The van der Waals surface area contributed by atoms with Gasteiger partial charge in [-0.1, -0.05) is 0 Å². The van der Waals surface area contributed by atoms with Gasteiger partial charge in [-0.2, -0.15) is 5.26 Å². The second kappa shape index (κ2) is 5.88. The normalized spacial score (nSPS) is 9.62. The fourth-order valence-electron chi connectivity index (χ4n) is 1.26. The average Bonchev–Trinajstić information content (AvgIpc) is 2.29. The molecule has 5 heteroatoms. The summed E-state index contributed by atoms with van der Waals surface area (Å²) >= 11 is 9.03. The molecular weight excluding hydrogens is 293 g/mol. The molecule has 1 rings (SSSR count). The fourth-order valence-corrected chi connectivity index (χ4v) is 1.99. The highest BCUT2D eigenvalue weighted by atomic mass is 79.9. The molecule has 0 fully saturated rings. The number of rotatable bonds is 3. The minimum atomic E-state index is -0.331. The molecule has 0 bridgehead atoms. The van der Waals surface area contributed by atoms with E-state index in [1.54, 1.807) is 12.1 Å². The third kappa shape index (κ3) is 2.97. The minimum Gasteiger partial charge on any atom is -0.469 e. The van der Waals surface area contributed by atoms with Crippen molar-refractivity contribution in [2.45, 2.75) is 12.3 Å². The molecular formula is C11H9BrClNO2. The minimum absolute atomic E-state index is 0.156. The summed E-state index contributed by atoms with van der Waals surface area (Å²) in [5, 5.41) is 8.84. The number of carbonyl (C=O) groups is 1. The summed E-state index contributed by atoms with van der Waals surface area (Å²) in [6.07, 6.45) is 0.156. The number of hydrogen-bond acceptors (Lipinski definition) is 3. The first-order chi connectivity index (χ1) is 7.62. The number of methoxy groups -OCH3 is 1. The van der Waals surface area contributed by atoms with E-state index in [0.29, 0.717) is 10.0 Å². The number of halogens is 2. The van der Waals surface area contributed by atoms with Gasteiger partial charge in [0.05, 0.1) is 19.1 Å². The van der Waals surface area contributed by atoms with Gasteiger partial charge in [-0.3, -0.25) is 4.79 Å². The van der Waals surface area contributed by atoms with Crippen LogP contribution in [0.4, 0.5) is 0 Å². The Bertz CT molecular complexity index is 454. The summed E-state index contributed by atoms with van der Waals surface area (Å²) in [6.45, 7) is 0. The maximum Gasteiger partial charge on any atom is 0.309 e. The van der Waals surface area contributed by atoms with Crippen LogP contribution in [0.5, 0.6) is 0 Å². The molecule has 0 aliphatic rings. The molecule has 0 saturated heterocycles. The number of alkyl halides is 1. The smallest absolute Gasteiger partial charge is 0.309 e.